The fraction of sp³-hybridized carbons (Fsp3) is 0.750. The van der Waals surface area contributed by atoms with Crippen molar-refractivity contribution in [3.8, 4) is 0 Å². The molecule has 0 radical (unpaired) electrons. The minimum absolute atomic E-state index is 0.171. The third-order valence-corrected chi connectivity index (χ3v) is 10.7. The van der Waals surface area contributed by atoms with Crippen LogP contribution in [-0.4, -0.2) is 16.5 Å². The maximum absolute atomic E-state index is 13.6. The minimum atomic E-state index is -0.460. The van der Waals surface area contributed by atoms with Crippen molar-refractivity contribution in [3.05, 3.63) is 35.4 Å². The fourth-order valence-corrected chi connectivity index (χ4v) is 8.90. The molecule has 2 nitrogen and oxygen atoms in total. The highest BCUT2D eigenvalue weighted by molar-refractivity contribution is 5.99. The molecule has 4 aliphatic rings. The van der Waals surface area contributed by atoms with Gasteiger partial charge in [-0.3, -0.25) is 4.79 Å². The van der Waals surface area contributed by atoms with E-state index >= 15 is 0 Å². The van der Waals surface area contributed by atoms with E-state index in [0.29, 0.717) is 23.0 Å². The summed E-state index contributed by atoms with van der Waals surface area (Å²) in [5, 5.41) is 10.7. The Morgan fingerprint density at radius 3 is 2.40 bits per heavy atom. The van der Waals surface area contributed by atoms with Crippen molar-refractivity contribution in [2.45, 2.75) is 91.1 Å². The Kier molecular flexibility index (Phi) is 4.79. The number of aliphatic hydroxyl groups is 1. The summed E-state index contributed by atoms with van der Waals surface area (Å²) in [6.45, 7) is 9.15. The number of hydrogen-bond donors (Lipinski definition) is 1. The van der Waals surface area contributed by atoms with Crippen LogP contribution in [0.2, 0.25) is 0 Å². The van der Waals surface area contributed by atoms with Gasteiger partial charge in [0.2, 0.25) is 0 Å². The Bertz CT molecular complexity index is 841. The molecule has 1 unspecified atom stereocenters. The maximum atomic E-state index is 13.6. The van der Waals surface area contributed by atoms with Gasteiger partial charge in [-0.2, -0.15) is 0 Å². The van der Waals surface area contributed by atoms with Crippen molar-refractivity contribution in [2.75, 3.05) is 0 Å². The summed E-state index contributed by atoms with van der Waals surface area (Å²) >= 11 is 0. The molecule has 0 aromatic heterocycles. The van der Waals surface area contributed by atoms with Crippen LogP contribution in [0.15, 0.2) is 24.3 Å². The molecule has 0 heterocycles. The summed E-state index contributed by atoms with van der Waals surface area (Å²) in [7, 11) is 0. The quantitative estimate of drug-likeness (QED) is 0.561. The number of carbonyl (C=O) groups excluding carboxylic acids is 1. The number of carbonyl (C=O) groups is 1. The van der Waals surface area contributed by atoms with Gasteiger partial charge in [-0.1, -0.05) is 38.1 Å². The van der Waals surface area contributed by atoms with E-state index in [1.807, 2.05) is 18.2 Å². The van der Waals surface area contributed by atoms with Gasteiger partial charge in [0.15, 0.2) is 5.78 Å². The van der Waals surface area contributed by atoms with E-state index in [1.165, 1.54) is 38.5 Å². The molecule has 8 atom stereocenters. The molecule has 4 fully saturated rings. The van der Waals surface area contributed by atoms with Crippen LogP contribution < -0.4 is 0 Å². The Balaban J connectivity index is 1.41. The van der Waals surface area contributed by atoms with Gasteiger partial charge < -0.3 is 5.11 Å². The molecule has 0 amide bonds. The molecule has 0 spiro atoms. The Labute approximate surface area is 182 Å². The van der Waals surface area contributed by atoms with Gasteiger partial charge >= 0.3 is 0 Å². The van der Waals surface area contributed by atoms with Crippen LogP contribution in [0, 0.1) is 47.3 Å². The monoisotopic (exact) mass is 408 g/mol. The van der Waals surface area contributed by atoms with E-state index in [-0.39, 0.29) is 11.3 Å². The second-order valence-electron chi connectivity index (χ2n) is 12.2. The summed E-state index contributed by atoms with van der Waals surface area (Å²) in [6, 6.07) is 8.18. The molecule has 4 saturated carbocycles. The summed E-state index contributed by atoms with van der Waals surface area (Å²) < 4.78 is 0. The van der Waals surface area contributed by atoms with E-state index < -0.39 is 5.60 Å². The Hall–Kier alpha value is -1.15. The number of rotatable bonds is 2. The van der Waals surface area contributed by atoms with Gasteiger partial charge in [-0.25, -0.2) is 0 Å². The van der Waals surface area contributed by atoms with Crippen molar-refractivity contribution in [3.63, 3.8) is 0 Å². The molecule has 0 aliphatic heterocycles. The molecule has 0 bridgehead atoms. The number of ketones is 1. The average molecular weight is 409 g/mol. The van der Waals surface area contributed by atoms with Gasteiger partial charge in [-0.15, -0.1) is 0 Å². The van der Waals surface area contributed by atoms with Crippen LogP contribution in [0.3, 0.4) is 0 Å². The highest BCUT2D eigenvalue weighted by Gasteiger charge is 2.61. The number of fused-ring (bicyclic) bond motifs is 5. The number of aryl methyl sites for hydroxylation is 1. The zero-order chi connectivity index (χ0) is 21.3. The summed E-state index contributed by atoms with van der Waals surface area (Å²) in [4.78, 5) is 13.6. The molecule has 0 saturated heterocycles. The molecule has 30 heavy (non-hydrogen) atoms. The Morgan fingerprint density at radius 1 is 0.900 bits per heavy atom. The number of Topliss-reactive ketones (excluding diaryl/α,β-unsaturated/α-hetero) is 1. The lowest BCUT2D eigenvalue weighted by atomic mass is 9.44. The zero-order valence-corrected chi connectivity index (χ0v) is 19.4. The van der Waals surface area contributed by atoms with Gasteiger partial charge in [-0.05, 0) is 112 Å². The molecule has 1 aromatic rings. The van der Waals surface area contributed by atoms with Crippen molar-refractivity contribution in [2.24, 2.45) is 40.4 Å². The first kappa shape index (κ1) is 20.7. The van der Waals surface area contributed by atoms with Crippen LogP contribution in [-0.2, 0) is 0 Å². The fourth-order valence-electron chi connectivity index (χ4n) is 8.90. The first-order valence-electron chi connectivity index (χ1n) is 12.5. The van der Waals surface area contributed by atoms with Gasteiger partial charge in [0.25, 0.3) is 0 Å². The lowest BCUT2D eigenvalue weighted by Gasteiger charge is -2.61. The summed E-state index contributed by atoms with van der Waals surface area (Å²) in [5.74, 6) is 3.56. The molecular formula is C28H40O2. The second-order valence-corrected chi connectivity index (χ2v) is 12.2. The molecule has 164 valence electrons. The highest BCUT2D eigenvalue weighted by atomic mass is 16.3. The zero-order valence-electron chi connectivity index (χ0n) is 19.4. The van der Waals surface area contributed by atoms with Gasteiger partial charge in [0, 0.05) is 11.5 Å². The van der Waals surface area contributed by atoms with Crippen LogP contribution in [0.5, 0.6) is 0 Å². The first-order chi connectivity index (χ1) is 14.2. The number of benzene rings is 1. The second kappa shape index (κ2) is 6.92. The molecule has 2 heteroatoms. The van der Waals surface area contributed by atoms with E-state index in [4.69, 9.17) is 0 Å². The molecular weight excluding hydrogens is 368 g/mol. The van der Waals surface area contributed by atoms with Crippen LogP contribution >= 0.6 is 0 Å². The van der Waals surface area contributed by atoms with E-state index in [2.05, 4.69) is 33.8 Å². The molecule has 4 aliphatic carbocycles. The predicted molar refractivity (Wildman–Crippen MR) is 121 cm³/mol. The molecule has 1 N–H and O–H groups in total. The predicted octanol–water partition coefficient (Wildman–Crippen LogP) is 6.59. The third-order valence-electron chi connectivity index (χ3n) is 10.7. The summed E-state index contributed by atoms with van der Waals surface area (Å²) in [6.07, 6.45) is 10.5. The van der Waals surface area contributed by atoms with Crippen molar-refractivity contribution < 1.29 is 9.90 Å². The number of hydrogen-bond acceptors (Lipinski definition) is 2. The smallest absolute Gasteiger partial charge is 0.166 e. The maximum Gasteiger partial charge on any atom is 0.166 e. The van der Waals surface area contributed by atoms with E-state index in [0.717, 1.165) is 42.2 Å². The SMILES string of the molecule is Cc1ccccc1C(=O)C1CC[C@H]2[C@@H]3CC[C@@H]4C[C@](C)(O)CC[C@]4(C)[C@H]3CC[C@]12C. The van der Waals surface area contributed by atoms with Crippen LogP contribution in [0.1, 0.15) is 94.5 Å². The molecule has 1 aromatic carbocycles. The van der Waals surface area contributed by atoms with Crippen molar-refractivity contribution in [1.29, 1.82) is 0 Å². The standard InChI is InChI=1S/C28H40O2/c1-18-7-5-6-8-20(18)25(29)24-12-11-22-21-10-9-19-17-26(2,30)15-16-27(19,3)23(21)13-14-28(22,24)4/h5-8,19,21-24,30H,9-17H2,1-4H3/t19-,21+,22+,23+,24?,26-,27+,28+/m1/s1. The largest absolute Gasteiger partial charge is 0.390 e. The van der Waals surface area contributed by atoms with Crippen LogP contribution in [0.4, 0.5) is 0 Å². The third kappa shape index (κ3) is 2.96. The van der Waals surface area contributed by atoms with Gasteiger partial charge in [0.05, 0.1) is 5.60 Å². The summed E-state index contributed by atoms with van der Waals surface area (Å²) in [5.41, 5.74) is 2.19. The highest BCUT2D eigenvalue weighted by Crippen LogP contribution is 2.68. The van der Waals surface area contributed by atoms with Crippen molar-refractivity contribution >= 4 is 5.78 Å². The molecule has 5 rings (SSSR count). The topological polar surface area (TPSA) is 37.3 Å². The van der Waals surface area contributed by atoms with Crippen molar-refractivity contribution in [1.82, 2.24) is 0 Å². The van der Waals surface area contributed by atoms with Crippen LogP contribution in [0.25, 0.3) is 0 Å². The van der Waals surface area contributed by atoms with Gasteiger partial charge in [0.1, 0.15) is 0 Å². The average Bonchev–Trinajstić information content (AvgIpc) is 3.05. The van der Waals surface area contributed by atoms with E-state index in [1.54, 1.807) is 0 Å². The normalized spacial score (nSPS) is 47.8. The minimum Gasteiger partial charge on any atom is -0.390 e. The lowest BCUT2D eigenvalue weighted by Crippen LogP contribution is -2.55. The lowest BCUT2D eigenvalue weighted by molar-refractivity contribution is -0.144. The first-order valence-corrected chi connectivity index (χ1v) is 12.5. The van der Waals surface area contributed by atoms with E-state index in [9.17, 15) is 9.90 Å². The Morgan fingerprint density at radius 2 is 1.63 bits per heavy atom.